The van der Waals surface area contributed by atoms with Gasteiger partial charge in [-0.05, 0) is 24.2 Å². The molecule has 0 aromatic carbocycles. The second-order valence-corrected chi connectivity index (χ2v) is 4.79. The third-order valence-corrected chi connectivity index (χ3v) is 3.27. The Bertz CT molecular complexity index is 141. The summed E-state index contributed by atoms with van der Waals surface area (Å²) in [5, 5.41) is 3.45. The summed E-state index contributed by atoms with van der Waals surface area (Å²) in [6.45, 7) is 7.67. The number of hydrogen-bond acceptors (Lipinski definition) is 2. The van der Waals surface area contributed by atoms with Gasteiger partial charge < -0.3 is 10.1 Å². The number of hydrogen-bond donors (Lipinski definition) is 1. The van der Waals surface area contributed by atoms with Crippen molar-refractivity contribution in [2.75, 3.05) is 26.8 Å². The highest BCUT2D eigenvalue weighted by atomic mass is 16.5. The molecule has 1 rings (SSSR count). The zero-order valence-electron chi connectivity index (χ0n) is 9.23. The second kappa shape index (κ2) is 4.97. The van der Waals surface area contributed by atoms with Crippen molar-refractivity contribution in [3.05, 3.63) is 0 Å². The molecule has 1 saturated carbocycles. The Morgan fingerprint density at radius 1 is 1.38 bits per heavy atom. The van der Waals surface area contributed by atoms with Crippen LogP contribution < -0.4 is 5.32 Å². The minimum Gasteiger partial charge on any atom is -0.383 e. The molecule has 78 valence electrons. The summed E-state index contributed by atoms with van der Waals surface area (Å²) < 4.78 is 4.99. The minimum absolute atomic E-state index is 0.478. The molecule has 0 radical (unpaired) electrons. The van der Waals surface area contributed by atoms with E-state index < -0.39 is 0 Å². The van der Waals surface area contributed by atoms with Crippen LogP contribution in [0.1, 0.15) is 33.1 Å². The minimum atomic E-state index is 0.478. The Morgan fingerprint density at radius 3 is 2.54 bits per heavy atom. The van der Waals surface area contributed by atoms with E-state index in [0.29, 0.717) is 5.41 Å². The molecule has 0 unspecified atom stereocenters. The van der Waals surface area contributed by atoms with E-state index in [-0.39, 0.29) is 0 Å². The first kappa shape index (κ1) is 11.0. The fraction of sp³-hybridized carbons (Fsp3) is 1.00. The van der Waals surface area contributed by atoms with Crippen LogP contribution in [0.5, 0.6) is 0 Å². The normalized spacial score (nSPS) is 18.7. The van der Waals surface area contributed by atoms with Gasteiger partial charge in [0.05, 0.1) is 6.61 Å². The molecule has 0 aromatic heterocycles. The van der Waals surface area contributed by atoms with E-state index >= 15 is 0 Å². The quantitative estimate of drug-likeness (QED) is 0.639. The molecule has 1 aliphatic carbocycles. The molecule has 1 fully saturated rings. The monoisotopic (exact) mass is 185 g/mol. The summed E-state index contributed by atoms with van der Waals surface area (Å²) in [5.74, 6) is 0.947. The van der Waals surface area contributed by atoms with Crippen LogP contribution in [0.4, 0.5) is 0 Å². The van der Waals surface area contributed by atoms with Gasteiger partial charge in [0.25, 0.3) is 0 Å². The Hall–Kier alpha value is -0.0800. The summed E-state index contributed by atoms with van der Waals surface area (Å²) in [6.07, 6.45) is 4.30. The van der Waals surface area contributed by atoms with Crippen LogP contribution in [0, 0.1) is 11.3 Å². The van der Waals surface area contributed by atoms with E-state index in [1.807, 2.05) is 0 Å². The van der Waals surface area contributed by atoms with Crippen molar-refractivity contribution in [3.8, 4) is 0 Å². The largest absolute Gasteiger partial charge is 0.383 e. The highest BCUT2D eigenvalue weighted by Crippen LogP contribution is 2.40. The SMILES string of the molecule is COCCNCC(C)(C)C1CCC1. The predicted molar refractivity (Wildman–Crippen MR) is 55.9 cm³/mol. The van der Waals surface area contributed by atoms with E-state index in [2.05, 4.69) is 19.2 Å². The highest BCUT2D eigenvalue weighted by Gasteiger charge is 2.33. The number of ether oxygens (including phenoxy) is 1. The Kier molecular flexibility index (Phi) is 4.20. The number of methoxy groups -OCH3 is 1. The van der Waals surface area contributed by atoms with Gasteiger partial charge in [-0.2, -0.15) is 0 Å². The Balaban J connectivity index is 2.10. The van der Waals surface area contributed by atoms with Crippen LogP contribution in [0.2, 0.25) is 0 Å². The Morgan fingerprint density at radius 2 is 2.08 bits per heavy atom. The van der Waals surface area contributed by atoms with Crippen LogP contribution in [0.25, 0.3) is 0 Å². The van der Waals surface area contributed by atoms with Crippen LogP contribution in [0.3, 0.4) is 0 Å². The van der Waals surface area contributed by atoms with Crippen LogP contribution >= 0.6 is 0 Å². The molecule has 0 aliphatic heterocycles. The molecule has 1 aliphatic rings. The molecule has 0 aromatic rings. The lowest BCUT2D eigenvalue weighted by atomic mass is 9.67. The van der Waals surface area contributed by atoms with Gasteiger partial charge >= 0.3 is 0 Å². The van der Waals surface area contributed by atoms with E-state index in [1.165, 1.54) is 19.3 Å². The average Bonchev–Trinajstić information content (AvgIpc) is 1.93. The summed E-state index contributed by atoms with van der Waals surface area (Å²) >= 11 is 0. The molecular weight excluding hydrogens is 162 g/mol. The fourth-order valence-electron chi connectivity index (χ4n) is 1.92. The van der Waals surface area contributed by atoms with Crippen molar-refractivity contribution in [1.29, 1.82) is 0 Å². The fourth-order valence-corrected chi connectivity index (χ4v) is 1.92. The first-order chi connectivity index (χ1) is 6.17. The topological polar surface area (TPSA) is 21.3 Å². The Labute approximate surface area is 82.0 Å². The lowest BCUT2D eigenvalue weighted by molar-refractivity contribution is 0.114. The number of rotatable bonds is 6. The van der Waals surface area contributed by atoms with Gasteiger partial charge in [-0.15, -0.1) is 0 Å². The van der Waals surface area contributed by atoms with Crippen molar-refractivity contribution in [1.82, 2.24) is 5.32 Å². The van der Waals surface area contributed by atoms with Crippen molar-refractivity contribution < 1.29 is 4.74 Å². The highest BCUT2D eigenvalue weighted by molar-refractivity contribution is 4.85. The lowest BCUT2D eigenvalue weighted by Crippen LogP contribution is -2.39. The average molecular weight is 185 g/mol. The maximum absolute atomic E-state index is 4.99. The van der Waals surface area contributed by atoms with Crippen LogP contribution in [-0.4, -0.2) is 26.8 Å². The molecule has 0 atom stereocenters. The molecule has 1 N–H and O–H groups in total. The van der Waals surface area contributed by atoms with E-state index in [4.69, 9.17) is 4.74 Å². The van der Waals surface area contributed by atoms with E-state index in [9.17, 15) is 0 Å². The van der Waals surface area contributed by atoms with Gasteiger partial charge in [0.1, 0.15) is 0 Å². The van der Waals surface area contributed by atoms with Crippen LogP contribution in [0.15, 0.2) is 0 Å². The molecule has 0 heterocycles. The van der Waals surface area contributed by atoms with Crippen molar-refractivity contribution in [2.45, 2.75) is 33.1 Å². The predicted octanol–water partition coefficient (Wildman–Crippen LogP) is 2.05. The third kappa shape index (κ3) is 3.28. The summed E-state index contributed by atoms with van der Waals surface area (Å²) in [7, 11) is 1.75. The summed E-state index contributed by atoms with van der Waals surface area (Å²) in [6, 6.07) is 0. The smallest absolute Gasteiger partial charge is 0.0587 e. The van der Waals surface area contributed by atoms with Crippen molar-refractivity contribution in [3.63, 3.8) is 0 Å². The summed E-state index contributed by atoms with van der Waals surface area (Å²) in [4.78, 5) is 0. The molecule has 13 heavy (non-hydrogen) atoms. The van der Waals surface area contributed by atoms with Crippen molar-refractivity contribution >= 4 is 0 Å². The first-order valence-corrected chi connectivity index (χ1v) is 5.36. The first-order valence-electron chi connectivity index (χ1n) is 5.36. The number of nitrogens with one attached hydrogen (secondary N) is 1. The summed E-state index contributed by atoms with van der Waals surface area (Å²) in [5.41, 5.74) is 0.478. The molecular formula is C11H23NO. The van der Waals surface area contributed by atoms with Gasteiger partial charge in [-0.1, -0.05) is 20.3 Å². The van der Waals surface area contributed by atoms with E-state index in [0.717, 1.165) is 25.6 Å². The molecule has 0 saturated heterocycles. The zero-order valence-corrected chi connectivity index (χ0v) is 9.23. The molecule has 0 amide bonds. The molecule has 2 nitrogen and oxygen atoms in total. The lowest BCUT2D eigenvalue weighted by Gasteiger charge is -2.40. The van der Waals surface area contributed by atoms with Gasteiger partial charge in [0.2, 0.25) is 0 Å². The maximum atomic E-state index is 4.99. The molecule has 0 spiro atoms. The maximum Gasteiger partial charge on any atom is 0.0587 e. The molecule has 0 bridgehead atoms. The van der Waals surface area contributed by atoms with Gasteiger partial charge in [-0.3, -0.25) is 0 Å². The third-order valence-electron chi connectivity index (χ3n) is 3.27. The van der Waals surface area contributed by atoms with E-state index in [1.54, 1.807) is 7.11 Å². The van der Waals surface area contributed by atoms with Crippen LogP contribution in [-0.2, 0) is 4.74 Å². The van der Waals surface area contributed by atoms with Gasteiger partial charge in [0.15, 0.2) is 0 Å². The van der Waals surface area contributed by atoms with Gasteiger partial charge in [0, 0.05) is 20.2 Å². The standard InChI is InChI=1S/C11H23NO/c1-11(2,10-5-4-6-10)9-12-7-8-13-3/h10,12H,4-9H2,1-3H3. The zero-order chi connectivity index (χ0) is 9.73. The van der Waals surface area contributed by atoms with Gasteiger partial charge in [-0.25, -0.2) is 0 Å². The second-order valence-electron chi connectivity index (χ2n) is 4.79. The molecule has 2 heteroatoms. The van der Waals surface area contributed by atoms with Crippen molar-refractivity contribution in [2.24, 2.45) is 11.3 Å².